The number of hydrogen-bond acceptors (Lipinski definition) is 6. The summed E-state index contributed by atoms with van der Waals surface area (Å²) in [6.45, 7) is 0.932. The van der Waals surface area contributed by atoms with E-state index in [2.05, 4.69) is 0 Å². The Kier molecular flexibility index (Phi) is 6.64. The van der Waals surface area contributed by atoms with E-state index in [1.54, 1.807) is 4.90 Å². The SMILES string of the molecule is O=C1CCN(c2ccc([N+](=O)[O-])cc2F)CC1.O=[N+]([O-])c1ccc(F)c(F)c1. The Morgan fingerprint density at radius 2 is 1.29 bits per heavy atom. The summed E-state index contributed by atoms with van der Waals surface area (Å²) in [4.78, 5) is 31.8. The third-order valence-electron chi connectivity index (χ3n) is 3.92. The number of carbonyl (C=O) groups excluding carboxylic acids is 1. The van der Waals surface area contributed by atoms with Gasteiger partial charge in [0.15, 0.2) is 17.5 Å². The number of rotatable bonds is 3. The Balaban J connectivity index is 0.000000221. The molecule has 0 saturated carbocycles. The molecule has 0 unspecified atom stereocenters. The first-order chi connectivity index (χ1) is 13.2. The van der Waals surface area contributed by atoms with Crippen LogP contribution in [0.25, 0.3) is 0 Å². The van der Waals surface area contributed by atoms with Crippen LogP contribution in [-0.2, 0) is 4.79 Å². The van der Waals surface area contributed by atoms with E-state index in [0.717, 1.165) is 12.1 Å². The molecule has 1 fully saturated rings. The summed E-state index contributed by atoms with van der Waals surface area (Å²) in [5.74, 6) is -2.74. The predicted octanol–water partition coefficient (Wildman–Crippen LogP) is 3.78. The fraction of sp³-hybridized carbons (Fsp3) is 0.235. The van der Waals surface area contributed by atoms with Crippen molar-refractivity contribution in [3.8, 4) is 0 Å². The van der Waals surface area contributed by atoms with Crippen LogP contribution in [-0.4, -0.2) is 28.7 Å². The highest BCUT2D eigenvalue weighted by Crippen LogP contribution is 2.25. The monoisotopic (exact) mass is 397 g/mol. The second-order valence-electron chi connectivity index (χ2n) is 5.77. The average Bonchev–Trinajstić information content (AvgIpc) is 2.65. The smallest absolute Gasteiger partial charge is 0.272 e. The van der Waals surface area contributed by atoms with Crippen LogP contribution >= 0.6 is 0 Å². The van der Waals surface area contributed by atoms with Gasteiger partial charge in [-0.3, -0.25) is 25.0 Å². The fourth-order valence-corrected chi connectivity index (χ4v) is 2.46. The van der Waals surface area contributed by atoms with Gasteiger partial charge in [-0.05, 0) is 12.1 Å². The molecule has 1 saturated heterocycles. The highest BCUT2D eigenvalue weighted by atomic mass is 19.2. The standard InChI is InChI=1S/C11H11FN2O3.C6H3F2NO2/c12-10-7-8(14(16)17)1-2-11(10)13-5-3-9(15)4-6-13;7-5-2-1-4(9(10)11)3-6(5)8/h1-2,7H,3-6H2;1-3H. The number of hydrogen-bond donors (Lipinski definition) is 0. The van der Waals surface area contributed by atoms with E-state index in [9.17, 15) is 38.2 Å². The van der Waals surface area contributed by atoms with Gasteiger partial charge in [-0.2, -0.15) is 0 Å². The van der Waals surface area contributed by atoms with Crippen molar-refractivity contribution in [1.82, 2.24) is 0 Å². The molecule has 0 atom stereocenters. The van der Waals surface area contributed by atoms with E-state index in [4.69, 9.17) is 0 Å². The Morgan fingerprint density at radius 3 is 1.75 bits per heavy atom. The minimum Gasteiger partial charge on any atom is -0.368 e. The number of benzene rings is 2. The Labute approximate surface area is 156 Å². The van der Waals surface area contributed by atoms with Gasteiger partial charge >= 0.3 is 0 Å². The minimum absolute atomic E-state index is 0.170. The van der Waals surface area contributed by atoms with Crippen molar-refractivity contribution in [3.63, 3.8) is 0 Å². The molecule has 0 N–H and O–H groups in total. The summed E-state index contributed by atoms with van der Waals surface area (Å²) in [7, 11) is 0. The second-order valence-corrected chi connectivity index (χ2v) is 5.77. The molecular formula is C17H14F3N3O5. The number of nitro groups is 2. The van der Waals surface area contributed by atoms with Crippen LogP contribution in [0.3, 0.4) is 0 Å². The summed E-state index contributed by atoms with van der Waals surface area (Å²) in [5.41, 5.74) is -0.397. The lowest BCUT2D eigenvalue weighted by Gasteiger charge is -2.28. The van der Waals surface area contributed by atoms with Gasteiger partial charge in [0.1, 0.15) is 5.78 Å². The molecule has 148 valence electrons. The number of non-ortho nitro benzene ring substituents is 2. The van der Waals surface area contributed by atoms with Crippen molar-refractivity contribution >= 4 is 22.8 Å². The van der Waals surface area contributed by atoms with Crippen molar-refractivity contribution in [2.75, 3.05) is 18.0 Å². The molecule has 1 aliphatic rings. The topological polar surface area (TPSA) is 107 Å². The fourth-order valence-electron chi connectivity index (χ4n) is 2.46. The molecule has 0 aliphatic carbocycles. The molecule has 1 aliphatic heterocycles. The lowest BCUT2D eigenvalue weighted by Crippen LogP contribution is -2.34. The van der Waals surface area contributed by atoms with E-state index in [1.165, 1.54) is 12.1 Å². The number of anilines is 1. The quantitative estimate of drug-likeness (QED) is 0.576. The number of nitro benzene ring substituents is 2. The first kappa shape index (κ1) is 20.8. The first-order valence-corrected chi connectivity index (χ1v) is 7.99. The summed E-state index contributed by atoms with van der Waals surface area (Å²) >= 11 is 0. The summed E-state index contributed by atoms with van der Waals surface area (Å²) in [6, 6.07) is 5.73. The van der Waals surface area contributed by atoms with Gasteiger partial charge in [0.05, 0.1) is 27.7 Å². The maximum absolute atomic E-state index is 13.7. The van der Waals surface area contributed by atoms with E-state index in [-0.39, 0.29) is 11.5 Å². The predicted molar refractivity (Wildman–Crippen MR) is 92.5 cm³/mol. The van der Waals surface area contributed by atoms with Crippen molar-refractivity contribution in [2.24, 2.45) is 0 Å². The van der Waals surface area contributed by atoms with Crippen molar-refractivity contribution < 1.29 is 27.8 Å². The molecule has 0 aromatic heterocycles. The number of Topliss-reactive ketones (excluding diaryl/α,β-unsaturated/α-hetero) is 1. The maximum Gasteiger partial charge on any atom is 0.272 e. The van der Waals surface area contributed by atoms with Crippen molar-refractivity contribution in [1.29, 1.82) is 0 Å². The molecule has 11 heteroatoms. The zero-order valence-corrected chi connectivity index (χ0v) is 14.3. The number of carbonyl (C=O) groups is 1. The molecule has 8 nitrogen and oxygen atoms in total. The van der Waals surface area contributed by atoms with Gasteiger partial charge in [-0.15, -0.1) is 0 Å². The number of nitrogens with zero attached hydrogens (tertiary/aromatic N) is 3. The molecular weight excluding hydrogens is 383 g/mol. The molecule has 0 spiro atoms. The highest BCUT2D eigenvalue weighted by Gasteiger charge is 2.20. The van der Waals surface area contributed by atoms with Gasteiger partial charge < -0.3 is 4.90 Å². The van der Waals surface area contributed by atoms with E-state index >= 15 is 0 Å². The molecule has 1 heterocycles. The molecule has 0 bridgehead atoms. The van der Waals surface area contributed by atoms with E-state index < -0.39 is 33.0 Å². The minimum atomic E-state index is -1.21. The van der Waals surface area contributed by atoms with E-state index in [0.29, 0.717) is 43.8 Å². The third kappa shape index (κ3) is 5.25. The van der Waals surface area contributed by atoms with E-state index in [1.807, 2.05) is 0 Å². The van der Waals surface area contributed by atoms with Crippen LogP contribution in [0.4, 0.5) is 30.2 Å². The number of ketones is 1. The highest BCUT2D eigenvalue weighted by molar-refractivity contribution is 5.81. The largest absolute Gasteiger partial charge is 0.368 e. The Hall–Kier alpha value is -3.50. The van der Waals surface area contributed by atoms with Crippen LogP contribution < -0.4 is 4.90 Å². The maximum atomic E-state index is 13.7. The van der Waals surface area contributed by atoms with Gasteiger partial charge in [0.25, 0.3) is 11.4 Å². The van der Waals surface area contributed by atoms with Gasteiger partial charge in [-0.25, -0.2) is 13.2 Å². The lowest BCUT2D eigenvalue weighted by atomic mass is 10.1. The van der Waals surface area contributed by atoms with Gasteiger partial charge in [-0.1, -0.05) is 0 Å². The Morgan fingerprint density at radius 1 is 0.786 bits per heavy atom. The number of halogens is 3. The summed E-state index contributed by atoms with van der Waals surface area (Å²) in [5, 5.41) is 20.4. The normalized spacial score (nSPS) is 13.5. The zero-order chi connectivity index (χ0) is 20.8. The van der Waals surface area contributed by atoms with Gasteiger partial charge in [0.2, 0.25) is 0 Å². The molecule has 28 heavy (non-hydrogen) atoms. The molecule has 2 aromatic carbocycles. The molecule has 0 radical (unpaired) electrons. The van der Waals surface area contributed by atoms with Gasteiger partial charge in [0, 0.05) is 38.1 Å². The third-order valence-corrected chi connectivity index (χ3v) is 3.92. The molecule has 2 aromatic rings. The van der Waals surface area contributed by atoms with Crippen LogP contribution in [0.2, 0.25) is 0 Å². The lowest BCUT2D eigenvalue weighted by molar-refractivity contribution is -0.385. The molecule has 0 amide bonds. The van der Waals surface area contributed by atoms with Crippen LogP contribution in [0, 0.1) is 37.7 Å². The number of piperidine rings is 1. The zero-order valence-electron chi connectivity index (χ0n) is 14.3. The Bertz CT molecular complexity index is 913. The van der Waals surface area contributed by atoms with Crippen LogP contribution in [0.15, 0.2) is 36.4 Å². The summed E-state index contributed by atoms with van der Waals surface area (Å²) in [6.07, 6.45) is 0.798. The van der Waals surface area contributed by atoms with Crippen LogP contribution in [0.5, 0.6) is 0 Å². The van der Waals surface area contributed by atoms with Crippen molar-refractivity contribution in [3.05, 3.63) is 74.1 Å². The molecule has 3 rings (SSSR count). The first-order valence-electron chi connectivity index (χ1n) is 7.99. The summed E-state index contributed by atoms with van der Waals surface area (Å²) < 4.78 is 38.1. The van der Waals surface area contributed by atoms with Crippen molar-refractivity contribution in [2.45, 2.75) is 12.8 Å². The van der Waals surface area contributed by atoms with Crippen LogP contribution in [0.1, 0.15) is 12.8 Å². The second kappa shape index (κ2) is 8.93. The average molecular weight is 397 g/mol.